The van der Waals surface area contributed by atoms with Gasteiger partial charge in [-0.2, -0.15) is 0 Å². The molecule has 0 spiro atoms. The van der Waals surface area contributed by atoms with E-state index >= 15 is 0 Å². The SMILES string of the molecule is CCCCC(CC)CC(=O)C1(OC)CCCC1. The molecule has 0 N–H and O–H groups in total. The number of rotatable bonds is 8. The van der Waals surface area contributed by atoms with Crippen molar-refractivity contribution in [2.45, 2.75) is 77.2 Å². The van der Waals surface area contributed by atoms with E-state index in [4.69, 9.17) is 4.74 Å². The molecule has 0 aromatic heterocycles. The Labute approximate surface area is 106 Å². The summed E-state index contributed by atoms with van der Waals surface area (Å²) in [4.78, 5) is 12.4. The number of carbonyl (C=O) groups excluding carboxylic acids is 1. The van der Waals surface area contributed by atoms with Crippen LogP contribution >= 0.6 is 0 Å². The molecule has 17 heavy (non-hydrogen) atoms. The Hall–Kier alpha value is -0.370. The minimum atomic E-state index is -0.417. The van der Waals surface area contributed by atoms with Crippen molar-refractivity contribution >= 4 is 5.78 Å². The van der Waals surface area contributed by atoms with Crippen molar-refractivity contribution in [3.8, 4) is 0 Å². The monoisotopic (exact) mass is 240 g/mol. The molecular weight excluding hydrogens is 212 g/mol. The largest absolute Gasteiger partial charge is 0.370 e. The van der Waals surface area contributed by atoms with E-state index in [1.165, 1.54) is 19.3 Å². The molecule has 100 valence electrons. The van der Waals surface area contributed by atoms with Crippen LogP contribution in [0.1, 0.15) is 71.6 Å². The minimum Gasteiger partial charge on any atom is -0.370 e. The van der Waals surface area contributed by atoms with Crippen LogP contribution in [-0.4, -0.2) is 18.5 Å². The van der Waals surface area contributed by atoms with Gasteiger partial charge in [0.15, 0.2) is 5.78 Å². The number of hydrogen-bond acceptors (Lipinski definition) is 2. The minimum absolute atomic E-state index is 0.362. The van der Waals surface area contributed by atoms with Gasteiger partial charge in [-0.25, -0.2) is 0 Å². The van der Waals surface area contributed by atoms with Gasteiger partial charge >= 0.3 is 0 Å². The Morgan fingerprint density at radius 3 is 2.41 bits per heavy atom. The fourth-order valence-corrected chi connectivity index (χ4v) is 2.93. The van der Waals surface area contributed by atoms with Crippen molar-refractivity contribution in [1.82, 2.24) is 0 Å². The summed E-state index contributed by atoms with van der Waals surface area (Å²) >= 11 is 0. The molecule has 1 unspecified atom stereocenters. The number of carbonyl (C=O) groups is 1. The van der Waals surface area contributed by atoms with Crippen molar-refractivity contribution in [3.63, 3.8) is 0 Å². The van der Waals surface area contributed by atoms with Gasteiger partial charge in [0, 0.05) is 13.5 Å². The van der Waals surface area contributed by atoms with Gasteiger partial charge in [-0.1, -0.05) is 39.5 Å². The van der Waals surface area contributed by atoms with Gasteiger partial charge in [0.1, 0.15) is 5.60 Å². The molecule has 2 heteroatoms. The van der Waals surface area contributed by atoms with E-state index in [1.807, 2.05) is 0 Å². The van der Waals surface area contributed by atoms with Gasteiger partial charge in [-0.15, -0.1) is 0 Å². The number of ether oxygens (including phenoxy) is 1. The number of ketones is 1. The van der Waals surface area contributed by atoms with E-state index in [0.29, 0.717) is 11.7 Å². The van der Waals surface area contributed by atoms with Crippen LogP contribution < -0.4 is 0 Å². The molecule has 1 rings (SSSR count). The van der Waals surface area contributed by atoms with E-state index < -0.39 is 5.60 Å². The molecule has 0 aromatic rings. The van der Waals surface area contributed by atoms with Crippen molar-refractivity contribution in [2.24, 2.45) is 5.92 Å². The highest BCUT2D eigenvalue weighted by Crippen LogP contribution is 2.35. The lowest BCUT2D eigenvalue weighted by Gasteiger charge is -2.27. The van der Waals surface area contributed by atoms with Crippen LogP contribution in [0.5, 0.6) is 0 Å². The van der Waals surface area contributed by atoms with Crippen molar-refractivity contribution < 1.29 is 9.53 Å². The molecule has 1 fully saturated rings. The summed E-state index contributed by atoms with van der Waals surface area (Å²) in [5, 5.41) is 0. The molecule has 0 amide bonds. The van der Waals surface area contributed by atoms with Gasteiger partial charge in [0.05, 0.1) is 0 Å². The van der Waals surface area contributed by atoms with Crippen molar-refractivity contribution in [3.05, 3.63) is 0 Å². The second-order valence-electron chi connectivity index (χ2n) is 5.45. The zero-order valence-corrected chi connectivity index (χ0v) is 11.8. The number of Topliss-reactive ketones (excluding diaryl/α,β-unsaturated/α-hetero) is 1. The summed E-state index contributed by atoms with van der Waals surface area (Å²) in [5.74, 6) is 0.926. The molecule has 1 aliphatic rings. The lowest BCUT2D eigenvalue weighted by molar-refractivity contribution is -0.141. The van der Waals surface area contributed by atoms with E-state index in [-0.39, 0.29) is 0 Å². The lowest BCUT2D eigenvalue weighted by Crippen LogP contribution is -2.38. The number of methoxy groups -OCH3 is 1. The van der Waals surface area contributed by atoms with Crippen LogP contribution in [0.25, 0.3) is 0 Å². The maximum Gasteiger partial charge on any atom is 0.164 e. The molecule has 0 aliphatic heterocycles. The third kappa shape index (κ3) is 3.80. The standard InChI is InChI=1S/C15H28O2/c1-4-6-9-13(5-2)12-14(16)15(17-3)10-7-8-11-15/h13H,4-12H2,1-3H3. The van der Waals surface area contributed by atoms with E-state index in [9.17, 15) is 4.79 Å². The first kappa shape index (κ1) is 14.7. The quantitative estimate of drug-likeness (QED) is 0.638. The predicted molar refractivity (Wildman–Crippen MR) is 71.1 cm³/mol. The highest BCUT2D eigenvalue weighted by Gasteiger charge is 2.41. The lowest BCUT2D eigenvalue weighted by atomic mass is 9.86. The van der Waals surface area contributed by atoms with Gasteiger partial charge in [0.2, 0.25) is 0 Å². The molecule has 1 aliphatic carbocycles. The summed E-state index contributed by atoms with van der Waals surface area (Å²) < 4.78 is 5.56. The highest BCUT2D eigenvalue weighted by atomic mass is 16.5. The van der Waals surface area contributed by atoms with Gasteiger partial charge in [0.25, 0.3) is 0 Å². The molecule has 0 heterocycles. The maximum atomic E-state index is 12.4. The average Bonchev–Trinajstić information content (AvgIpc) is 2.84. The molecule has 1 saturated carbocycles. The Bertz CT molecular complexity index is 229. The average molecular weight is 240 g/mol. The molecule has 0 radical (unpaired) electrons. The molecule has 1 atom stereocenters. The van der Waals surface area contributed by atoms with Crippen molar-refractivity contribution in [2.75, 3.05) is 7.11 Å². The summed E-state index contributed by atoms with van der Waals surface area (Å²) in [6.45, 7) is 4.41. The predicted octanol–water partition coefficient (Wildman–Crippen LogP) is 4.12. The summed E-state index contributed by atoms with van der Waals surface area (Å²) in [7, 11) is 1.70. The second kappa shape index (κ2) is 7.15. The van der Waals surface area contributed by atoms with E-state index in [1.54, 1.807) is 7.11 Å². The number of unbranched alkanes of at least 4 members (excludes halogenated alkanes) is 1. The molecule has 0 aromatic carbocycles. The normalized spacial score (nSPS) is 20.4. The molecule has 0 bridgehead atoms. The Balaban J connectivity index is 2.50. The summed E-state index contributed by atoms with van der Waals surface area (Å²) in [6.07, 6.45) is 9.66. The van der Waals surface area contributed by atoms with Crippen molar-refractivity contribution in [1.29, 1.82) is 0 Å². The zero-order chi connectivity index (χ0) is 12.7. The van der Waals surface area contributed by atoms with E-state index in [0.717, 1.165) is 38.5 Å². The Kier molecular flexibility index (Phi) is 6.18. The Morgan fingerprint density at radius 2 is 1.94 bits per heavy atom. The van der Waals surface area contributed by atoms with Crippen LogP contribution in [0.4, 0.5) is 0 Å². The second-order valence-corrected chi connectivity index (χ2v) is 5.45. The first-order chi connectivity index (χ1) is 8.18. The Morgan fingerprint density at radius 1 is 1.29 bits per heavy atom. The summed E-state index contributed by atoms with van der Waals surface area (Å²) in [5.41, 5.74) is -0.417. The topological polar surface area (TPSA) is 26.3 Å². The number of hydrogen-bond donors (Lipinski definition) is 0. The van der Waals surface area contributed by atoms with E-state index in [2.05, 4.69) is 13.8 Å². The third-order valence-electron chi connectivity index (χ3n) is 4.33. The maximum absolute atomic E-state index is 12.4. The van der Waals surface area contributed by atoms with Crippen LogP contribution in [0.2, 0.25) is 0 Å². The summed E-state index contributed by atoms with van der Waals surface area (Å²) in [6, 6.07) is 0. The third-order valence-corrected chi connectivity index (χ3v) is 4.33. The zero-order valence-electron chi connectivity index (χ0n) is 11.8. The van der Waals surface area contributed by atoms with Crippen LogP contribution in [0.15, 0.2) is 0 Å². The molecule has 2 nitrogen and oxygen atoms in total. The van der Waals surface area contributed by atoms with Crippen LogP contribution in [0.3, 0.4) is 0 Å². The first-order valence-corrected chi connectivity index (χ1v) is 7.27. The van der Waals surface area contributed by atoms with Gasteiger partial charge in [-0.3, -0.25) is 4.79 Å². The fraction of sp³-hybridized carbons (Fsp3) is 0.933. The fourth-order valence-electron chi connectivity index (χ4n) is 2.93. The van der Waals surface area contributed by atoms with Crippen LogP contribution in [-0.2, 0) is 9.53 Å². The first-order valence-electron chi connectivity index (χ1n) is 7.27. The van der Waals surface area contributed by atoms with Crippen LogP contribution in [0, 0.1) is 5.92 Å². The van der Waals surface area contributed by atoms with Gasteiger partial charge in [-0.05, 0) is 31.6 Å². The molecular formula is C15H28O2. The highest BCUT2D eigenvalue weighted by molar-refractivity contribution is 5.87. The van der Waals surface area contributed by atoms with Gasteiger partial charge < -0.3 is 4.74 Å². The molecule has 0 saturated heterocycles. The smallest absolute Gasteiger partial charge is 0.164 e.